The average Bonchev–Trinajstić information content (AvgIpc) is 2.89. The molecular weight excluding hydrogens is 294 g/mol. The van der Waals surface area contributed by atoms with Crippen molar-refractivity contribution in [2.24, 2.45) is 0 Å². The van der Waals surface area contributed by atoms with Crippen LogP contribution < -0.4 is 4.74 Å². The van der Waals surface area contributed by atoms with Gasteiger partial charge in [-0.2, -0.15) is 0 Å². The number of pyridine rings is 1. The van der Waals surface area contributed by atoms with E-state index in [-0.39, 0.29) is 18.1 Å². The van der Waals surface area contributed by atoms with Crippen LogP contribution >= 0.6 is 0 Å². The van der Waals surface area contributed by atoms with Crippen LogP contribution in [-0.4, -0.2) is 36.3 Å². The van der Waals surface area contributed by atoms with E-state index < -0.39 is 18.5 Å². The largest absolute Gasteiger partial charge is 0.493 e. The average molecular weight is 306 g/mol. The van der Waals surface area contributed by atoms with Gasteiger partial charge in [-0.3, -0.25) is 0 Å². The van der Waals surface area contributed by atoms with Crippen molar-refractivity contribution in [3.05, 3.63) is 35.9 Å². The third-order valence-electron chi connectivity index (χ3n) is 3.26. The Labute approximate surface area is 123 Å². The second kappa shape index (κ2) is 5.59. The number of hydrogen-bond donors (Lipinski definition) is 1. The van der Waals surface area contributed by atoms with E-state index in [4.69, 9.17) is 9.47 Å². The van der Waals surface area contributed by atoms with Crippen molar-refractivity contribution in [3.8, 4) is 5.75 Å². The molecule has 0 fully saturated rings. The van der Waals surface area contributed by atoms with Gasteiger partial charge in [-0.15, -0.1) is 0 Å². The third-order valence-corrected chi connectivity index (χ3v) is 3.26. The summed E-state index contributed by atoms with van der Waals surface area (Å²) in [6, 6.07) is 4.26. The van der Waals surface area contributed by atoms with E-state index in [2.05, 4.69) is 9.97 Å². The highest BCUT2D eigenvalue weighted by Crippen LogP contribution is 2.35. The highest BCUT2D eigenvalue weighted by atomic mass is 19.1. The highest BCUT2D eigenvalue weighted by molar-refractivity contribution is 6.12. The molecule has 2 aromatic heterocycles. The first-order valence-corrected chi connectivity index (χ1v) is 6.52. The highest BCUT2D eigenvalue weighted by Gasteiger charge is 2.21. The molecule has 22 heavy (non-hydrogen) atoms. The molecule has 114 valence electrons. The number of H-pyrrole nitrogens is 1. The number of ether oxygens (including phenoxy) is 2. The predicted octanol–water partition coefficient (Wildman–Crippen LogP) is 2.99. The molecule has 0 saturated heterocycles. The molecule has 7 heteroatoms. The third kappa shape index (κ3) is 2.24. The Kier molecular flexibility index (Phi) is 3.62. The number of aromatic amines is 1. The molecule has 5 nitrogen and oxygen atoms in total. The van der Waals surface area contributed by atoms with Gasteiger partial charge < -0.3 is 14.5 Å². The normalized spacial score (nSPS) is 11.0. The zero-order chi connectivity index (χ0) is 15.7. The van der Waals surface area contributed by atoms with Gasteiger partial charge in [0.1, 0.15) is 19.1 Å². The number of hydrogen-bond acceptors (Lipinski definition) is 4. The van der Waals surface area contributed by atoms with E-state index in [0.29, 0.717) is 21.8 Å². The van der Waals surface area contributed by atoms with E-state index in [1.807, 2.05) is 0 Å². The second-order valence-corrected chi connectivity index (χ2v) is 4.57. The van der Waals surface area contributed by atoms with Crippen molar-refractivity contribution < 1.29 is 23.0 Å². The number of esters is 1. The van der Waals surface area contributed by atoms with Gasteiger partial charge in [-0.25, -0.2) is 18.6 Å². The molecule has 0 spiro atoms. The van der Waals surface area contributed by atoms with Crippen molar-refractivity contribution in [3.63, 3.8) is 0 Å². The smallest absolute Gasteiger partial charge is 0.360 e. The first-order chi connectivity index (χ1) is 10.7. The number of nitrogens with zero attached hydrogens (tertiary/aromatic N) is 1. The van der Waals surface area contributed by atoms with Gasteiger partial charge in [0.2, 0.25) is 0 Å². The molecule has 0 radical (unpaired) electrons. The Morgan fingerprint density at radius 1 is 1.36 bits per heavy atom. The van der Waals surface area contributed by atoms with E-state index in [1.54, 1.807) is 6.07 Å². The number of alkyl halides is 1. The van der Waals surface area contributed by atoms with Crippen LogP contribution in [-0.2, 0) is 4.74 Å². The number of nitrogens with one attached hydrogen (secondary N) is 1. The monoisotopic (exact) mass is 306 g/mol. The van der Waals surface area contributed by atoms with Gasteiger partial charge in [-0.1, -0.05) is 0 Å². The summed E-state index contributed by atoms with van der Waals surface area (Å²) in [4.78, 5) is 19.0. The van der Waals surface area contributed by atoms with Crippen molar-refractivity contribution >= 4 is 27.8 Å². The molecule has 3 aromatic rings. The summed E-state index contributed by atoms with van der Waals surface area (Å²) in [6.07, 6.45) is 1.43. The number of fused-ring (bicyclic) bond motifs is 3. The van der Waals surface area contributed by atoms with Crippen molar-refractivity contribution in [2.45, 2.75) is 0 Å². The zero-order valence-corrected chi connectivity index (χ0v) is 11.7. The number of carbonyl (C=O) groups is 1. The van der Waals surface area contributed by atoms with Gasteiger partial charge in [0.05, 0.1) is 24.2 Å². The molecule has 0 amide bonds. The zero-order valence-electron chi connectivity index (χ0n) is 11.7. The molecule has 2 heterocycles. The lowest BCUT2D eigenvalue weighted by atomic mass is 10.1. The van der Waals surface area contributed by atoms with Gasteiger partial charge in [0.25, 0.3) is 0 Å². The second-order valence-electron chi connectivity index (χ2n) is 4.57. The Hall–Kier alpha value is -2.70. The quantitative estimate of drug-likeness (QED) is 0.753. The van der Waals surface area contributed by atoms with Crippen LogP contribution in [0.2, 0.25) is 0 Å². The van der Waals surface area contributed by atoms with Crippen LogP contribution in [0.1, 0.15) is 10.5 Å². The molecule has 0 unspecified atom stereocenters. The lowest BCUT2D eigenvalue weighted by molar-refractivity contribution is 0.0471. The standard InChI is InChI=1S/C15H12F2N2O3/c1-21-14-12-9-6-8(17)2-3-10(9)19-11(12)7-18-13(14)15(20)22-5-4-16/h2-3,6-7,19H,4-5H2,1H3. The summed E-state index contributed by atoms with van der Waals surface area (Å²) in [5, 5.41) is 1.09. The van der Waals surface area contributed by atoms with Crippen LogP contribution in [0.25, 0.3) is 21.8 Å². The number of halogens is 2. The minimum absolute atomic E-state index is 0.0754. The summed E-state index contributed by atoms with van der Waals surface area (Å²) in [6.45, 7) is -1.14. The predicted molar refractivity (Wildman–Crippen MR) is 76.4 cm³/mol. The van der Waals surface area contributed by atoms with E-state index in [0.717, 1.165) is 0 Å². The van der Waals surface area contributed by atoms with Crippen molar-refractivity contribution in [1.82, 2.24) is 9.97 Å². The maximum Gasteiger partial charge on any atom is 0.360 e. The van der Waals surface area contributed by atoms with Gasteiger partial charge in [0, 0.05) is 10.9 Å². The number of benzene rings is 1. The molecule has 0 aliphatic rings. The fourth-order valence-corrected chi connectivity index (χ4v) is 2.38. The molecule has 1 N–H and O–H groups in total. The van der Waals surface area contributed by atoms with E-state index in [9.17, 15) is 13.6 Å². The maximum atomic E-state index is 13.5. The van der Waals surface area contributed by atoms with Crippen LogP contribution in [0.5, 0.6) is 5.75 Å². The summed E-state index contributed by atoms with van der Waals surface area (Å²) < 4.78 is 35.6. The Morgan fingerprint density at radius 3 is 2.91 bits per heavy atom. The summed E-state index contributed by atoms with van der Waals surface area (Å²) in [5.74, 6) is -1.03. The molecule has 0 saturated carbocycles. The Morgan fingerprint density at radius 2 is 2.18 bits per heavy atom. The fraction of sp³-hybridized carbons (Fsp3) is 0.200. The fourth-order valence-electron chi connectivity index (χ4n) is 2.38. The minimum Gasteiger partial charge on any atom is -0.493 e. The van der Waals surface area contributed by atoms with Crippen LogP contribution in [0.3, 0.4) is 0 Å². The van der Waals surface area contributed by atoms with Crippen molar-refractivity contribution in [2.75, 3.05) is 20.4 Å². The van der Waals surface area contributed by atoms with Gasteiger partial charge in [-0.05, 0) is 18.2 Å². The Bertz CT molecular complexity index is 861. The van der Waals surface area contributed by atoms with E-state index >= 15 is 0 Å². The van der Waals surface area contributed by atoms with E-state index in [1.165, 1.54) is 25.4 Å². The molecule has 0 bridgehead atoms. The molecule has 3 rings (SSSR count). The maximum absolute atomic E-state index is 13.5. The molecule has 0 aliphatic carbocycles. The number of rotatable bonds is 4. The minimum atomic E-state index is -0.790. The SMILES string of the molecule is COc1c(C(=O)OCCF)ncc2[nH]c3ccc(F)cc3c12. The van der Waals surface area contributed by atoms with Crippen LogP contribution in [0.4, 0.5) is 8.78 Å². The summed E-state index contributed by atoms with van der Waals surface area (Å²) in [7, 11) is 1.38. The number of methoxy groups -OCH3 is 1. The summed E-state index contributed by atoms with van der Waals surface area (Å²) >= 11 is 0. The first kappa shape index (κ1) is 14.2. The Balaban J connectivity index is 2.25. The van der Waals surface area contributed by atoms with Crippen molar-refractivity contribution in [1.29, 1.82) is 0 Å². The van der Waals surface area contributed by atoms with Crippen LogP contribution in [0, 0.1) is 5.82 Å². The number of carbonyl (C=O) groups excluding carboxylic acids is 1. The first-order valence-electron chi connectivity index (χ1n) is 6.52. The lowest BCUT2D eigenvalue weighted by Gasteiger charge is -2.08. The summed E-state index contributed by atoms with van der Waals surface area (Å²) in [5.41, 5.74) is 1.21. The molecule has 0 aliphatic heterocycles. The van der Waals surface area contributed by atoms with Gasteiger partial charge in [0.15, 0.2) is 11.4 Å². The molecule has 0 atom stereocenters. The van der Waals surface area contributed by atoms with Crippen LogP contribution in [0.15, 0.2) is 24.4 Å². The molecule has 1 aromatic carbocycles. The topological polar surface area (TPSA) is 64.2 Å². The number of aromatic nitrogens is 2. The lowest BCUT2D eigenvalue weighted by Crippen LogP contribution is -2.11. The molecular formula is C15H12F2N2O3. The van der Waals surface area contributed by atoms with Gasteiger partial charge >= 0.3 is 5.97 Å².